The summed E-state index contributed by atoms with van der Waals surface area (Å²) in [5.74, 6) is 0.0116. The second-order valence-electron chi connectivity index (χ2n) is 6.68. The van der Waals surface area contributed by atoms with Gasteiger partial charge in [-0.25, -0.2) is 9.50 Å². The zero-order chi connectivity index (χ0) is 20.1. The summed E-state index contributed by atoms with van der Waals surface area (Å²) in [6.07, 6.45) is 1.33. The van der Waals surface area contributed by atoms with Crippen molar-refractivity contribution in [3.63, 3.8) is 0 Å². The smallest absolute Gasteiger partial charge is 0.233 e. The molecule has 6 nitrogen and oxygen atoms in total. The third-order valence-corrected chi connectivity index (χ3v) is 5.51. The molecule has 3 rings (SSSR count). The van der Waals surface area contributed by atoms with Gasteiger partial charge in [0, 0.05) is 22.8 Å². The van der Waals surface area contributed by atoms with Gasteiger partial charge >= 0.3 is 0 Å². The molecule has 0 spiro atoms. The maximum atomic E-state index is 12.3. The van der Waals surface area contributed by atoms with Crippen molar-refractivity contribution in [1.29, 1.82) is 5.26 Å². The first-order chi connectivity index (χ1) is 13.5. The van der Waals surface area contributed by atoms with Crippen molar-refractivity contribution in [1.82, 2.24) is 19.9 Å². The van der Waals surface area contributed by atoms with Crippen molar-refractivity contribution in [2.45, 2.75) is 43.8 Å². The fourth-order valence-corrected chi connectivity index (χ4v) is 3.94. The Kier molecular flexibility index (Phi) is 6.32. The van der Waals surface area contributed by atoms with Crippen LogP contribution in [-0.2, 0) is 11.2 Å². The molecule has 0 unspecified atom stereocenters. The van der Waals surface area contributed by atoms with Gasteiger partial charge < -0.3 is 5.32 Å². The number of aromatic nitrogens is 3. The third kappa shape index (κ3) is 4.52. The number of aryl methyl sites for hydroxylation is 3. The number of carbonyl (C=O) groups excluding carboxylic acids is 1. The Morgan fingerprint density at radius 1 is 1.32 bits per heavy atom. The lowest BCUT2D eigenvalue weighted by atomic mass is 10.1. The predicted molar refractivity (Wildman–Crippen MR) is 110 cm³/mol. The fraction of sp³-hybridized carbons (Fsp3) is 0.333. The number of thioether (sulfide) groups is 1. The van der Waals surface area contributed by atoms with Gasteiger partial charge in [-0.3, -0.25) is 4.79 Å². The van der Waals surface area contributed by atoms with E-state index in [-0.39, 0.29) is 11.2 Å². The summed E-state index contributed by atoms with van der Waals surface area (Å²) in [4.78, 5) is 17.8. The molecule has 0 bridgehead atoms. The van der Waals surface area contributed by atoms with E-state index in [0.29, 0.717) is 30.6 Å². The standard InChI is InChI=1S/C21H23N5OS/c1-14-12-15(2)26-20(24-14)18(13-22)19(25-26)10-7-11-23-21(27)16(3)28-17-8-5-4-6-9-17/h4-6,8-9,12,16H,7,10-11H2,1-3H3,(H,23,27)/t16-/m1/s1. The van der Waals surface area contributed by atoms with Crippen LogP contribution in [0.4, 0.5) is 0 Å². The van der Waals surface area contributed by atoms with E-state index < -0.39 is 0 Å². The van der Waals surface area contributed by atoms with Crippen molar-refractivity contribution in [3.05, 3.63) is 59.0 Å². The van der Waals surface area contributed by atoms with Crippen LogP contribution in [0, 0.1) is 25.2 Å². The van der Waals surface area contributed by atoms with Crippen molar-refractivity contribution in [3.8, 4) is 6.07 Å². The molecule has 3 aromatic rings. The van der Waals surface area contributed by atoms with E-state index in [0.717, 1.165) is 22.0 Å². The van der Waals surface area contributed by atoms with Gasteiger partial charge in [-0.15, -0.1) is 11.8 Å². The van der Waals surface area contributed by atoms with Gasteiger partial charge in [0.25, 0.3) is 0 Å². The summed E-state index contributed by atoms with van der Waals surface area (Å²) >= 11 is 1.54. The van der Waals surface area contributed by atoms with Crippen LogP contribution in [-0.4, -0.2) is 32.3 Å². The van der Waals surface area contributed by atoms with Crippen LogP contribution in [0.25, 0.3) is 5.65 Å². The number of hydrogen-bond donors (Lipinski definition) is 1. The molecule has 2 heterocycles. The fourth-order valence-electron chi connectivity index (χ4n) is 3.02. The number of fused-ring (bicyclic) bond motifs is 1. The van der Waals surface area contributed by atoms with Crippen LogP contribution in [0.5, 0.6) is 0 Å². The molecule has 2 aromatic heterocycles. The average Bonchev–Trinajstić information content (AvgIpc) is 3.03. The summed E-state index contributed by atoms with van der Waals surface area (Å²) in [7, 11) is 0. The molecule has 28 heavy (non-hydrogen) atoms. The number of carbonyl (C=O) groups is 1. The third-order valence-electron chi connectivity index (χ3n) is 4.39. The van der Waals surface area contributed by atoms with E-state index in [1.165, 1.54) is 11.8 Å². The lowest BCUT2D eigenvalue weighted by molar-refractivity contribution is -0.120. The van der Waals surface area contributed by atoms with Crippen LogP contribution < -0.4 is 5.32 Å². The highest BCUT2D eigenvalue weighted by Crippen LogP contribution is 2.22. The molecule has 7 heteroatoms. The number of hydrogen-bond acceptors (Lipinski definition) is 5. The van der Waals surface area contributed by atoms with Gasteiger partial charge in [-0.05, 0) is 51.8 Å². The van der Waals surface area contributed by atoms with Crippen LogP contribution >= 0.6 is 11.8 Å². The Hall–Kier alpha value is -2.85. The minimum Gasteiger partial charge on any atom is -0.355 e. The van der Waals surface area contributed by atoms with Gasteiger partial charge in [0.2, 0.25) is 5.91 Å². The summed E-state index contributed by atoms with van der Waals surface area (Å²) < 4.78 is 1.72. The van der Waals surface area contributed by atoms with Gasteiger partial charge in [0.15, 0.2) is 5.65 Å². The molecule has 0 radical (unpaired) electrons. The lowest BCUT2D eigenvalue weighted by Gasteiger charge is -2.11. The highest BCUT2D eigenvalue weighted by molar-refractivity contribution is 8.00. The van der Waals surface area contributed by atoms with Gasteiger partial charge in [0.05, 0.1) is 10.9 Å². The minimum atomic E-state index is -0.165. The Bertz CT molecular complexity index is 1020. The van der Waals surface area contributed by atoms with Crippen molar-refractivity contribution >= 4 is 23.3 Å². The zero-order valence-corrected chi connectivity index (χ0v) is 17.1. The van der Waals surface area contributed by atoms with E-state index in [2.05, 4.69) is 21.5 Å². The first kappa shape index (κ1) is 19.9. The molecule has 1 amide bonds. The van der Waals surface area contributed by atoms with Crippen LogP contribution in [0.2, 0.25) is 0 Å². The summed E-state index contributed by atoms with van der Waals surface area (Å²) in [6.45, 7) is 6.30. The maximum Gasteiger partial charge on any atom is 0.233 e. The number of benzene rings is 1. The van der Waals surface area contributed by atoms with E-state index >= 15 is 0 Å². The SMILES string of the molecule is Cc1cc(C)n2nc(CCCNC(=O)[C@@H](C)Sc3ccccc3)c(C#N)c2n1. The van der Waals surface area contributed by atoms with Gasteiger partial charge in [-0.1, -0.05) is 18.2 Å². The number of nitrogens with one attached hydrogen (secondary N) is 1. The van der Waals surface area contributed by atoms with Crippen LogP contribution in [0.1, 0.15) is 36.0 Å². The maximum absolute atomic E-state index is 12.3. The Balaban J connectivity index is 1.56. The Labute approximate surface area is 169 Å². The quantitative estimate of drug-likeness (QED) is 0.491. The molecule has 0 aliphatic carbocycles. The molecule has 0 fully saturated rings. The first-order valence-electron chi connectivity index (χ1n) is 9.25. The molecule has 0 saturated heterocycles. The molecular formula is C21H23N5OS. The number of amides is 1. The van der Waals surface area contributed by atoms with E-state index in [1.54, 1.807) is 4.52 Å². The highest BCUT2D eigenvalue weighted by Gasteiger charge is 2.16. The van der Waals surface area contributed by atoms with E-state index in [9.17, 15) is 10.1 Å². The van der Waals surface area contributed by atoms with Crippen LogP contribution in [0.3, 0.4) is 0 Å². The molecule has 0 aliphatic heterocycles. The molecular weight excluding hydrogens is 370 g/mol. The summed E-state index contributed by atoms with van der Waals surface area (Å²) in [6, 6.07) is 14.1. The van der Waals surface area contributed by atoms with Crippen molar-refractivity contribution < 1.29 is 4.79 Å². The highest BCUT2D eigenvalue weighted by atomic mass is 32.2. The molecule has 1 aromatic carbocycles. The minimum absolute atomic E-state index is 0.0116. The molecule has 0 saturated carbocycles. The monoisotopic (exact) mass is 393 g/mol. The van der Waals surface area contributed by atoms with Gasteiger partial charge in [-0.2, -0.15) is 10.4 Å². The topological polar surface area (TPSA) is 83.1 Å². The molecule has 1 N–H and O–H groups in total. The normalized spacial score (nSPS) is 11.9. The zero-order valence-electron chi connectivity index (χ0n) is 16.3. The van der Waals surface area contributed by atoms with Gasteiger partial charge in [0.1, 0.15) is 11.6 Å². The molecule has 0 aliphatic rings. The predicted octanol–water partition coefficient (Wildman–Crippen LogP) is 3.45. The summed E-state index contributed by atoms with van der Waals surface area (Å²) in [5, 5.41) is 16.9. The number of nitriles is 1. The summed E-state index contributed by atoms with van der Waals surface area (Å²) in [5.41, 5.74) is 3.66. The molecule has 144 valence electrons. The van der Waals surface area contributed by atoms with Crippen molar-refractivity contribution in [2.24, 2.45) is 0 Å². The second kappa shape index (κ2) is 8.89. The van der Waals surface area contributed by atoms with Crippen molar-refractivity contribution in [2.75, 3.05) is 6.54 Å². The first-order valence-corrected chi connectivity index (χ1v) is 10.1. The van der Waals surface area contributed by atoms with E-state index in [4.69, 9.17) is 0 Å². The molecule has 1 atom stereocenters. The van der Waals surface area contributed by atoms with E-state index in [1.807, 2.05) is 57.2 Å². The second-order valence-corrected chi connectivity index (χ2v) is 8.09. The Morgan fingerprint density at radius 3 is 2.79 bits per heavy atom. The number of rotatable bonds is 7. The Morgan fingerprint density at radius 2 is 2.07 bits per heavy atom. The average molecular weight is 394 g/mol. The lowest BCUT2D eigenvalue weighted by Crippen LogP contribution is -2.31. The van der Waals surface area contributed by atoms with Crippen LogP contribution in [0.15, 0.2) is 41.3 Å². The number of nitrogens with zero attached hydrogens (tertiary/aromatic N) is 4. The largest absolute Gasteiger partial charge is 0.355 e.